The highest BCUT2D eigenvalue weighted by Crippen LogP contribution is 2.31. The van der Waals surface area contributed by atoms with Crippen LogP contribution >= 0.6 is 0 Å². The lowest BCUT2D eigenvalue weighted by Gasteiger charge is -2.29. The molecule has 0 radical (unpaired) electrons. The zero-order valence-electron chi connectivity index (χ0n) is 18.9. The average molecular weight is 446 g/mol. The zero-order chi connectivity index (χ0) is 23.2. The Morgan fingerprint density at radius 3 is 2.82 bits per heavy atom. The smallest absolute Gasteiger partial charge is 0.410 e. The molecule has 4 heterocycles. The molecule has 170 valence electrons. The van der Waals surface area contributed by atoms with E-state index in [0.717, 1.165) is 51.1 Å². The van der Waals surface area contributed by atoms with Crippen molar-refractivity contribution in [2.45, 2.75) is 32.8 Å². The summed E-state index contributed by atoms with van der Waals surface area (Å²) >= 11 is 0. The maximum Gasteiger partial charge on any atom is 0.410 e. The summed E-state index contributed by atoms with van der Waals surface area (Å²) in [5.74, 6) is 0.398. The first-order valence-corrected chi connectivity index (χ1v) is 10.9. The molecule has 1 amide bonds. The molecule has 5 rings (SSSR count). The van der Waals surface area contributed by atoms with Crippen molar-refractivity contribution >= 4 is 51.1 Å². The minimum atomic E-state index is -0.498. The van der Waals surface area contributed by atoms with Gasteiger partial charge in [-0.05, 0) is 63.1 Å². The van der Waals surface area contributed by atoms with Gasteiger partial charge in [0.05, 0.1) is 16.7 Å². The van der Waals surface area contributed by atoms with Crippen LogP contribution in [0.25, 0.3) is 27.6 Å². The number of hydrogen-bond acceptors (Lipinski definition) is 6. The van der Waals surface area contributed by atoms with Crippen LogP contribution in [0.2, 0.25) is 0 Å². The topological polar surface area (TPSA) is 125 Å². The van der Waals surface area contributed by atoms with Crippen LogP contribution in [0.3, 0.4) is 0 Å². The summed E-state index contributed by atoms with van der Waals surface area (Å²) in [6.45, 7) is 6.76. The summed E-state index contributed by atoms with van der Waals surface area (Å²) in [6.07, 6.45) is 4.31. The van der Waals surface area contributed by atoms with Gasteiger partial charge in [-0.2, -0.15) is 0 Å². The van der Waals surface area contributed by atoms with Gasteiger partial charge in [0.25, 0.3) is 0 Å². The normalized spacial score (nSPS) is 14.5. The van der Waals surface area contributed by atoms with E-state index >= 15 is 0 Å². The number of hydrogen-bond donors (Lipinski definition) is 4. The molecule has 1 aliphatic heterocycles. The molecule has 1 aromatic carbocycles. The number of aromatic nitrogens is 4. The number of fused-ring (bicyclic) bond motifs is 2. The maximum absolute atomic E-state index is 12.3. The van der Waals surface area contributed by atoms with Gasteiger partial charge in [0.2, 0.25) is 0 Å². The van der Waals surface area contributed by atoms with Gasteiger partial charge < -0.3 is 30.7 Å². The highest BCUT2D eigenvalue weighted by atomic mass is 16.6. The molecule has 4 aromatic rings. The van der Waals surface area contributed by atoms with E-state index in [-0.39, 0.29) is 6.09 Å². The van der Waals surface area contributed by atoms with Crippen molar-refractivity contribution in [1.29, 1.82) is 0 Å². The maximum atomic E-state index is 12.3. The molecule has 9 nitrogen and oxygen atoms in total. The minimum absolute atomic E-state index is 0.279. The molecule has 33 heavy (non-hydrogen) atoms. The number of H-pyrrole nitrogens is 2. The second-order valence-corrected chi connectivity index (χ2v) is 9.19. The van der Waals surface area contributed by atoms with E-state index in [1.54, 1.807) is 11.1 Å². The molecule has 0 aliphatic carbocycles. The lowest BCUT2D eigenvalue weighted by atomic mass is 10.0. The number of benzene rings is 1. The van der Waals surface area contributed by atoms with Crippen molar-refractivity contribution < 1.29 is 9.53 Å². The minimum Gasteiger partial charge on any atom is -0.444 e. The van der Waals surface area contributed by atoms with E-state index in [2.05, 4.69) is 37.4 Å². The number of pyridine rings is 1. The Bertz CT molecular complexity index is 1380. The Morgan fingerprint density at radius 2 is 2.06 bits per heavy atom. The molecule has 1 aliphatic rings. The standard InChI is InChI=1S/C24H27N7O2/c1-24(2,3)33-23(32)31-10-7-14(8-11-31)19-13-16-17(6-9-26-21(16)28-19)27-15-4-5-18-20(12-15)30-22(25)29-18/h4-7,9,12-13H,8,10-11H2,1-3H3,(H3,25,29,30)(H2,26,27,28). The van der Waals surface area contributed by atoms with Crippen LogP contribution < -0.4 is 11.1 Å². The molecular weight excluding hydrogens is 418 g/mol. The third kappa shape index (κ3) is 4.34. The number of ether oxygens (including phenoxy) is 1. The number of rotatable bonds is 3. The van der Waals surface area contributed by atoms with E-state index in [1.165, 1.54) is 0 Å². The highest BCUT2D eigenvalue weighted by molar-refractivity contribution is 5.95. The molecule has 0 bridgehead atoms. The second kappa shape index (κ2) is 7.84. The number of amides is 1. The van der Waals surface area contributed by atoms with Crippen LogP contribution in [0.1, 0.15) is 32.9 Å². The Labute approximate surface area is 191 Å². The van der Waals surface area contributed by atoms with Gasteiger partial charge in [0.1, 0.15) is 11.2 Å². The summed E-state index contributed by atoms with van der Waals surface area (Å²) in [6, 6.07) is 9.93. The second-order valence-electron chi connectivity index (χ2n) is 9.19. The first kappa shape index (κ1) is 20.9. The first-order chi connectivity index (χ1) is 15.7. The summed E-state index contributed by atoms with van der Waals surface area (Å²) < 4.78 is 5.49. The summed E-state index contributed by atoms with van der Waals surface area (Å²) in [5.41, 5.74) is 11.8. The number of aromatic amines is 2. The van der Waals surface area contributed by atoms with Gasteiger partial charge in [-0.25, -0.2) is 14.8 Å². The number of carbonyl (C=O) groups excluding carboxylic acids is 1. The molecule has 0 unspecified atom stereocenters. The van der Waals surface area contributed by atoms with Crippen molar-refractivity contribution in [3.8, 4) is 0 Å². The highest BCUT2D eigenvalue weighted by Gasteiger charge is 2.24. The Morgan fingerprint density at radius 1 is 1.21 bits per heavy atom. The van der Waals surface area contributed by atoms with Crippen molar-refractivity contribution in [3.63, 3.8) is 0 Å². The summed E-state index contributed by atoms with van der Waals surface area (Å²) in [7, 11) is 0. The number of carbonyl (C=O) groups is 1. The third-order valence-corrected chi connectivity index (χ3v) is 5.52. The van der Waals surface area contributed by atoms with Crippen LogP contribution in [0.5, 0.6) is 0 Å². The molecule has 5 N–H and O–H groups in total. The molecule has 9 heteroatoms. The molecule has 3 aromatic heterocycles. The van der Waals surface area contributed by atoms with Gasteiger partial charge in [0.15, 0.2) is 5.95 Å². The first-order valence-electron chi connectivity index (χ1n) is 10.9. The SMILES string of the molecule is CC(C)(C)OC(=O)N1CC=C(c2cc3c(Nc4ccc5nc(N)[nH]c5c4)ccnc3[nH]2)CC1. The van der Waals surface area contributed by atoms with E-state index < -0.39 is 5.60 Å². The number of nitrogens with zero attached hydrogens (tertiary/aromatic N) is 3. The summed E-state index contributed by atoms with van der Waals surface area (Å²) in [4.78, 5) is 29.3. The van der Waals surface area contributed by atoms with Crippen molar-refractivity contribution in [2.75, 3.05) is 24.1 Å². The fourth-order valence-corrected chi connectivity index (χ4v) is 3.98. The van der Waals surface area contributed by atoms with E-state index in [4.69, 9.17) is 10.5 Å². The molecular formula is C24H27N7O2. The van der Waals surface area contributed by atoms with Gasteiger partial charge in [-0.1, -0.05) is 6.08 Å². The van der Waals surface area contributed by atoms with Crippen LogP contribution in [0.4, 0.5) is 22.1 Å². The zero-order valence-corrected chi connectivity index (χ0v) is 18.9. The molecule has 0 spiro atoms. The Balaban J connectivity index is 1.37. The van der Waals surface area contributed by atoms with E-state index in [9.17, 15) is 4.79 Å². The Hall–Kier alpha value is -4.01. The lowest BCUT2D eigenvalue weighted by Crippen LogP contribution is -2.39. The molecule has 0 fully saturated rings. The fraction of sp³-hybridized carbons (Fsp3) is 0.292. The van der Waals surface area contributed by atoms with Crippen LogP contribution in [-0.4, -0.2) is 49.6 Å². The van der Waals surface area contributed by atoms with E-state index in [0.29, 0.717) is 19.0 Å². The predicted octanol–water partition coefficient (Wildman–Crippen LogP) is 4.79. The predicted molar refractivity (Wildman–Crippen MR) is 130 cm³/mol. The van der Waals surface area contributed by atoms with Crippen molar-refractivity contribution in [1.82, 2.24) is 24.8 Å². The van der Waals surface area contributed by atoms with Gasteiger partial charge >= 0.3 is 6.09 Å². The number of nitrogens with two attached hydrogens (primary N) is 1. The summed E-state index contributed by atoms with van der Waals surface area (Å²) in [5, 5.41) is 4.46. The third-order valence-electron chi connectivity index (χ3n) is 5.52. The van der Waals surface area contributed by atoms with Gasteiger partial charge in [-0.3, -0.25) is 0 Å². The Kier molecular flexibility index (Phi) is 4.96. The van der Waals surface area contributed by atoms with E-state index in [1.807, 2.05) is 45.0 Å². The number of imidazole rings is 1. The number of nitrogen functional groups attached to an aromatic ring is 1. The van der Waals surface area contributed by atoms with Crippen molar-refractivity contribution in [2.24, 2.45) is 0 Å². The number of nitrogens with one attached hydrogen (secondary N) is 3. The largest absolute Gasteiger partial charge is 0.444 e. The van der Waals surface area contributed by atoms with Crippen LogP contribution in [0, 0.1) is 0 Å². The molecule has 0 saturated heterocycles. The average Bonchev–Trinajstić information content (AvgIpc) is 3.35. The molecule has 0 saturated carbocycles. The van der Waals surface area contributed by atoms with Gasteiger partial charge in [0, 0.05) is 36.1 Å². The lowest BCUT2D eigenvalue weighted by molar-refractivity contribution is 0.0270. The number of anilines is 3. The quantitative estimate of drug-likeness (QED) is 0.359. The fourth-order valence-electron chi connectivity index (χ4n) is 3.98. The van der Waals surface area contributed by atoms with Crippen LogP contribution in [0.15, 0.2) is 42.6 Å². The monoisotopic (exact) mass is 445 g/mol. The van der Waals surface area contributed by atoms with Gasteiger partial charge in [-0.15, -0.1) is 0 Å². The van der Waals surface area contributed by atoms with Crippen LogP contribution in [-0.2, 0) is 4.74 Å². The molecule has 0 atom stereocenters. The van der Waals surface area contributed by atoms with Crippen molar-refractivity contribution in [3.05, 3.63) is 48.3 Å².